The molecule has 0 aliphatic carbocycles. The number of anilines is 1. The van der Waals surface area contributed by atoms with Crippen LogP contribution in [0.2, 0.25) is 0 Å². The number of primary amides is 1. The second kappa shape index (κ2) is 6.77. The lowest BCUT2D eigenvalue weighted by Crippen LogP contribution is -2.20. The van der Waals surface area contributed by atoms with E-state index in [0.29, 0.717) is 5.69 Å². The van der Waals surface area contributed by atoms with Gasteiger partial charge in [0.05, 0.1) is 23.8 Å². The summed E-state index contributed by atoms with van der Waals surface area (Å²) in [5.74, 6) is -0.605. The van der Waals surface area contributed by atoms with Gasteiger partial charge in [-0.25, -0.2) is 0 Å². The molecule has 20 heavy (non-hydrogen) atoms. The van der Waals surface area contributed by atoms with Gasteiger partial charge in [0.25, 0.3) is 0 Å². The van der Waals surface area contributed by atoms with Crippen LogP contribution in [-0.2, 0) is 15.7 Å². The zero-order valence-electron chi connectivity index (χ0n) is 10.3. The number of halogens is 3. The summed E-state index contributed by atoms with van der Waals surface area (Å²) >= 11 is 0. The van der Waals surface area contributed by atoms with Crippen molar-refractivity contribution in [1.82, 2.24) is 0 Å². The summed E-state index contributed by atoms with van der Waals surface area (Å²) in [6.45, 7) is 0.202. The Balaban J connectivity index is 2.61. The number of rotatable bonds is 6. The smallest absolute Gasteiger partial charge is 0.383 e. The molecule has 1 rings (SSSR count). The normalized spacial score (nSPS) is 10.9. The predicted octanol–water partition coefficient (Wildman–Crippen LogP) is 1.49. The zero-order valence-corrected chi connectivity index (χ0v) is 10.3. The van der Waals surface area contributed by atoms with Gasteiger partial charge in [0.1, 0.15) is 6.61 Å². The number of benzene rings is 1. The molecule has 3 N–H and O–H groups in total. The fourth-order valence-corrected chi connectivity index (χ4v) is 1.43. The molecule has 0 aliphatic rings. The zero-order chi connectivity index (χ0) is 15.2. The molecule has 0 spiro atoms. The lowest BCUT2D eigenvalue weighted by molar-refractivity contribution is -0.137. The van der Waals surface area contributed by atoms with Gasteiger partial charge in [0.2, 0.25) is 5.91 Å². The van der Waals surface area contributed by atoms with Gasteiger partial charge >= 0.3 is 6.18 Å². The molecule has 1 aromatic rings. The summed E-state index contributed by atoms with van der Waals surface area (Å²) in [7, 11) is 0. The molecule has 0 fully saturated rings. The van der Waals surface area contributed by atoms with Crippen LogP contribution in [0.25, 0.3) is 0 Å². The third-order valence-corrected chi connectivity index (χ3v) is 2.27. The number of nitrogens with one attached hydrogen (secondary N) is 1. The highest BCUT2D eigenvalue weighted by Gasteiger charge is 2.33. The lowest BCUT2D eigenvalue weighted by Gasteiger charge is -2.11. The Bertz CT molecular complexity index is 524. The first-order valence-electron chi connectivity index (χ1n) is 5.56. The Morgan fingerprint density at radius 2 is 2.15 bits per heavy atom. The maximum absolute atomic E-state index is 12.6. The van der Waals surface area contributed by atoms with E-state index in [0.717, 1.165) is 12.1 Å². The van der Waals surface area contributed by atoms with Gasteiger partial charge in [-0.2, -0.15) is 18.4 Å². The van der Waals surface area contributed by atoms with Crippen molar-refractivity contribution in [3.63, 3.8) is 0 Å². The van der Waals surface area contributed by atoms with Gasteiger partial charge in [-0.15, -0.1) is 0 Å². The molecule has 0 heterocycles. The van der Waals surface area contributed by atoms with Crippen LogP contribution in [0.15, 0.2) is 18.2 Å². The molecule has 8 heteroatoms. The van der Waals surface area contributed by atoms with Crippen molar-refractivity contribution >= 4 is 11.6 Å². The minimum Gasteiger partial charge on any atom is -0.383 e. The van der Waals surface area contributed by atoms with Gasteiger partial charge < -0.3 is 15.8 Å². The highest BCUT2D eigenvalue weighted by atomic mass is 19.4. The summed E-state index contributed by atoms with van der Waals surface area (Å²) in [5, 5.41) is 11.5. The van der Waals surface area contributed by atoms with Gasteiger partial charge in [0.15, 0.2) is 0 Å². The molecule has 0 aromatic heterocycles. The second-order valence-corrected chi connectivity index (χ2v) is 3.82. The number of hydrogen-bond acceptors (Lipinski definition) is 4. The summed E-state index contributed by atoms with van der Waals surface area (Å²) in [5.41, 5.74) is 3.78. The lowest BCUT2D eigenvalue weighted by atomic mass is 10.1. The van der Waals surface area contributed by atoms with Crippen molar-refractivity contribution in [2.24, 2.45) is 5.73 Å². The van der Waals surface area contributed by atoms with Crippen molar-refractivity contribution in [2.45, 2.75) is 6.18 Å². The number of nitriles is 1. The number of alkyl halides is 3. The summed E-state index contributed by atoms with van der Waals surface area (Å²) in [4.78, 5) is 10.4. The van der Waals surface area contributed by atoms with Crippen molar-refractivity contribution in [1.29, 1.82) is 5.26 Å². The molecular formula is C12H12F3N3O2. The Morgan fingerprint density at radius 1 is 1.45 bits per heavy atom. The van der Waals surface area contributed by atoms with E-state index in [9.17, 15) is 18.0 Å². The maximum atomic E-state index is 12.6. The third kappa shape index (κ3) is 4.78. The van der Waals surface area contributed by atoms with E-state index >= 15 is 0 Å². The third-order valence-electron chi connectivity index (χ3n) is 2.27. The average Bonchev–Trinajstić information content (AvgIpc) is 2.36. The molecule has 0 radical (unpaired) electrons. The topological polar surface area (TPSA) is 88.1 Å². The highest BCUT2D eigenvalue weighted by Crippen LogP contribution is 2.32. The van der Waals surface area contributed by atoms with Crippen molar-refractivity contribution in [3.8, 4) is 6.07 Å². The van der Waals surface area contributed by atoms with Crippen LogP contribution in [0.1, 0.15) is 11.1 Å². The number of amides is 1. The summed E-state index contributed by atoms with van der Waals surface area (Å²) < 4.78 is 42.5. The molecule has 0 unspecified atom stereocenters. The van der Waals surface area contributed by atoms with Crippen LogP contribution < -0.4 is 11.1 Å². The molecule has 0 saturated carbocycles. The van der Waals surface area contributed by atoms with Crippen LogP contribution >= 0.6 is 0 Å². The van der Waals surface area contributed by atoms with E-state index in [1.807, 2.05) is 0 Å². The monoisotopic (exact) mass is 287 g/mol. The fourth-order valence-electron chi connectivity index (χ4n) is 1.43. The van der Waals surface area contributed by atoms with Crippen LogP contribution in [0.4, 0.5) is 18.9 Å². The molecular weight excluding hydrogens is 275 g/mol. The van der Waals surface area contributed by atoms with Crippen molar-refractivity contribution in [2.75, 3.05) is 25.1 Å². The van der Waals surface area contributed by atoms with E-state index in [4.69, 9.17) is 15.7 Å². The summed E-state index contributed by atoms with van der Waals surface area (Å²) in [6.07, 6.45) is -4.56. The quantitative estimate of drug-likeness (QED) is 0.776. The first kappa shape index (κ1) is 15.8. The SMILES string of the molecule is N#Cc1cc(NCCOCC(N)=O)ccc1C(F)(F)F. The first-order valence-corrected chi connectivity index (χ1v) is 5.56. The molecule has 0 atom stereocenters. The van der Waals surface area contributed by atoms with Crippen LogP contribution in [0.5, 0.6) is 0 Å². The standard InChI is InChI=1S/C12H12F3N3O2/c13-12(14,15)10-2-1-9(5-8(10)6-16)18-3-4-20-7-11(17)19/h1-2,5,18H,3-4,7H2,(H2,17,19). The fraction of sp³-hybridized carbons (Fsp3) is 0.333. The van der Waals surface area contributed by atoms with Gasteiger partial charge in [-0.1, -0.05) is 0 Å². The molecule has 0 aliphatic heterocycles. The molecule has 1 aromatic carbocycles. The minimum absolute atomic E-state index is 0.159. The van der Waals surface area contributed by atoms with Crippen LogP contribution in [-0.4, -0.2) is 25.7 Å². The number of carbonyl (C=O) groups is 1. The molecule has 108 valence electrons. The number of nitrogens with zero attached hydrogens (tertiary/aromatic N) is 1. The Kier molecular flexibility index (Phi) is 5.34. The first-order chi connectivity index (χ1) is 9.34. The number of ether oxygens (including phenoxy) is 1. The van der Waals surface area contributed by atoms with E-state index in [-0.39, 0.29) is 19.8 Å². The van der Waals surface area contributed by atoms with Gasteiger partial charge in [0, 0.05) is 12.2 Å². The Hall–Kier alpha value is -2.27. The van der Waals surface area contributed by atoms with Crippen molar-refractivity contribution in [3.05, 3.63) is 29.3 Å². The van der Waals surface area contributed by atoms with E-state index < -0.39 is 23.2 Å². The van der Waals surface area contributed by atoms with Gasteiger partial charge in [-0.3, -0.25) is 4.79 Å². The second-order valence-electron chi connectivity index (χ2n) is 3.82. The molecule has 5 nitrogen and oxygen atoms in total. The van der Waals surface area contributed by atoms with Crippen LogP contribution in [0, 0.1) is 11.3 Å². The molecule has 0 bridgehead atoms. The Labute approximate surface area is 113 Å². The minimum atomic E-state index is -4.56. The summed E-state index contributed by atoms with van der Waals surface area (Å²) in [6, 6.07) is 4.67. The van der Waals surface area contributed by atoms with Gasteiger partial charge in [-0.05, 0) is 18.2 Å². The predicted molar refractivity (Wildman–Crippen MR) is 64.7 cm³/mol. The van der Waals surface area contributed by atoms with Crippen molar-refractivity contribution < 1.29 is 22.7 Å². The maximum Gasteiger partial charge on any atom is 0.417 e. The molecule has 0 saturated heterocycles. The van der Waals surface area contributed by atoms with E-state index in [1.165, 1.54) is 12.1 Å². The highest BCUT2D eigenvalue weighted by molar-refractivity contribution is 5.74. The van der Waals surface area contributed by atoms with E-state index in [1.54, 1.807) is 0 Å². The number of hydrogen-bond donors (Lipinski definition) is 2. The molecule has 1 amide bonds. The number of carbonyl (C=O) groups excluding carboxylic acids is 1. The largest absolute Gasteiger partial charge is 0.417 e. The average molecular weight is 287 g/mol. The van der Waals surface area contributed by atoms with E-state index in [2.05, 4.69) is 5.32 Å². The Morgan fingerprint density at radius 3 is 2.70 bits per heavy atom. The van der Waals surface area contributed by atoms with Crippen LogP contribution in [0.3, 0.4) is 0 Å². The number of nitrogens with two attached hydrogens (primary N) is 1.